The second-order valence-electron chi connectivity index (χ2n) is 4.07. The Balaban J connectivity index is 2.57. The monoisotopic (exact) mass is 139 g/mol. The number of rotatable bonds is 0. The average molecular weight is 139 g/mol. The van der Waals surface area contributed by atoms with Crippen LogP contribution < -0.4 is 0 Å². The molecule has 0 unspecified atom stereocenters. The van der Waals surface area contributed by atoms with Gasteiger partial charge in [-0.15, -0.1) is 0 Å². The van der Waals surface area contributed by atoms with E-state index < -0.39 is 0 Å². The minimum absolute atomic E-state index is 0.456. The molecule has 1 heterocycles. The summed E-state index contributed by atoms with van der Waals surface area (Å²) >= 11 is 0. The third kappa shape index (κ3) is 2.13. The lowest BCUT2D eigenvalue weighted by Crippen LogP contribution is -2.13. The van der Waals surface area contributed by atoms with Crippen LogP contribution >= 0.6 is 0 Å². The van der Waals surface area contributed by atoms with Gasteiger partial charge in [-0.25, -0.2) is 0 Å². The summed E-state index contributed by atoms with van der Waals surface area (Å²) in [4.78, 5) is 4.49. The fourth-order valence-corrected chi connectivity index (χ4v) is 1.33. The molecule has 1 aliphatic heterocycles. The van der Waals surface area contributed by atoms with Crippen molar-refractivity contribution in [2.45, 2.75) is 40.0 Å². The summed E-state index contributed by atoms with van der Waals surface area (Å²) < 4.78 is 0. The van der Waals surface area contributed by atoms with Gasteiger partial charge in [0, 0.05) is 12.3 Å². The first kappa shape index (κ1) is 7.77. The summed E-state index contributed by atoms with van der Waals surface area (Å²) in [5.74, 6) is 0. The predicted octanol–water partition coefficient (Wildman–Crippen LogP) is 2.66. The van der Waals surface area contributed by atoms with Crippen molar-refractivity contribution in [1.29, 1.82) is 0 Å². The molecule has 1 nitrogen and oxygen atoms in total. The Hall–Kier alpha value is -0.330. The maximum atomic E-state index is 4.49. The highest BCUT2D eigenvalue weighted by molar-refractivity contribution is 5.82. The van der Waals surface area contributed by atoms with Crippen LogP contribution in [0.1, 0.15) is 40.0 Å². The fraction of sp³-hybridized carbons (Fsp3) is 0.889. The second-order valence-corrected chi connectivity index (χ2v) is 4.07. The van der Waals surface area contributed by atoms with Crippen LogP contribution in [0.4, 0.5) is 0 Å². The summed E-state index contributed by atoms with van der Waals surface area (Å²) in [5.41, 5.74) is 1.79. The molecule has 0 amide bonds. The number of aliphatic imine (C=N–C) groups is 1. The standard InChI is InChI=1S/C9H17N/c1-8-5-4-6-9(2,3)7-10-8/h4-7H2,1-3H3. The van der Waals surface area contributed by atoms with E-state index in [1.165, 1.54) is 25.0 Å². The molecule has 0 aromatic heterocycles. The molecule has 0 radical (unpaired) electrons. The number of nitrogens with zero attached hydrogens (tertiary/aromatic N) is 1. The number of hydrogen-bond donors (Lipinski definition) is 0. The molecule has 0 N–H and O–H groups in total. The average Bonchev–Trinajstić information content (AvgIpc) is 1.94. The molecule has 1 rings (SSSR count). The quantitative estimate of drug-likeness (QED) is 0.489. The second kappa shape index (κ2) is 2.73. The predicted molar refractivity (Wildman–Crippen MR) is 45.6 cm³/mol. The summed E-state index contributed by atoms with van der Waals surface area (Å²) in [7, 11) is 0. The molecule has 1 heteroatoms. The molecule has 1 aliphatic rings. The van der Waals surface area contributed by atoms with E-state index in [2.05, 4.69) is 25.8 Å². The van der Waals surface area contributed by atoms with E-state index in [0.717, 1.165) is 6.54 Å². The summed E-state index contributed by atoms with van der Waals surface area (Å²) in [6.45, 7) is 7.77. The smallest absolute Gasteiger partial charge is 0.0439 e. The SMILES string of the molecule is CC1=NCC(C)(C)CCC1. The lowest BCUT2D eigenvalue weighted by molar-refractivity contribution is 0.348. The maximum Gasteiger partial charge on any atom is 0.0439 e. The van der Waals surface area contributed by atoms with Crippen molar-refractivity contribution in [3.05, 3.63) is 0 Å². The van der Waals surface area contributed by atoms with Gasteiger partial charge in [-0.05, 0) is 31.6 Å². The highest BCUT2D eigenvalue weighted by Crippen LogP contribution is 2.26. The van der Waals surface area contributed by atoms with Crippen molar-refractivity contribution in [3.8, 4) is 0 Å². The highest BCUT2D eigenvalue weighted by atomic mass is 14.8. The van der Waals surface area contributed by atoms with Gasteiger partial charge in [0.2, 0.25) is 0 Å². The van der Waals surface area contributed by atoms with Crippen molar-refractivity contribution in [2.75, 3.05) is 6.54 Å². The van der Waals surface area contributed by atoms with Gasteiger partial charge in [-0.1, -0.05) is 13.8 Å². The number of hydrogen-bond acceptors (Lipinski definition) is 1. The maximum absolute atomic E-state index is 4.49. The van der Waals surface area contributed by atoms with E-state index in [1.807, 2.05) is 0 Å². The van der Waals surface area contributed by atoms with E-state index in [4.69, 9.17) is 0 Å². The van der Waals surface area contributed by atoms with Crippen LogP contribution in [0.5, 0.6) is 0 Å². The van der Waals surface area contributed by atoms with E-state index in [0.29, 0.717) is 5.41 Å². The van der Waals surface area contributed by atoms with Gasteiger partial charge in [0.25, 0.3) is 0 Å². The minimum atomic E-state index is 0.456. The third-order valence-corrected chi connectivity index (χ3v) is 2.17. The zero-order valence-electron chi connectivity index (χ0n) is 7.28. The van der Waals surface area contributed by atoms with Crippen LogP contribution in [0.15, 0.2) is 4.99 Å². The lowest BCUT2D eigenvalue weighted by atomic mass is 9.88. The van der Waals surface area contributed by atoms with Crippen LogP contribution in [-0.4, -0.2) is 12.3 Å². The van der Waals surface area contributed by atoms with Gasteiger partial charge in [-0.3, -0.25) is 4.99 Å². The summed E-state index contributed by atoms with van der Waals surface area (Å²) in [5, 5.41) is 0. The van der Waals surface area contributed by atoms with Gasteiger partial charge in [0.05, 0.1) is 0 Å². The van der Waals surface area contributed by atoms with Crippen molar-refractivity contribution in [1.82, 2.24) is 0 Å². The van der Waals surface area contributed by atoms with Crippen LogP contribution in [-0.2, 0) is 0 Å². The molecule has 0 spiro atoms. The summed E-state index contributed by atoms with van der Waals surface area (Å²) in [6, 6.07) is 0. The molecular weight excluding hydrogens is 122 g/mol. The Morgan fingerprint density at radius 1 is 1.40 bits per heavy atom. The molecule has 0 saturated heterocycles. The Morgan fingerprint density at radius 3 is 2.80 bits per heavy atom. The van der Waals surface area contributed by atoms with Gasteiger partial charge >= 0.3 is 0 Å². The van der Waals surface area contributed by atoms with Crippen molar-refractivity contribution in [3.63, 3.8) is 0 Å². The molecule has 0 saturated carbocycles. The Kier molecular flexibility index (Phi) is 2.12. The summed E-state index contributed by atoms with van der Waals surface area (Å²) in [6.07, 6.45) is 3.86. The zero-order chi connectivity index (χ0) is 7.61. The Labute approximate surface area is 63.5 Å². The van der Waals surface area contributed by atoms with Crippen LogP contribution in [0.25, 0.3) is 0 Å². The fourth-order valence-electron chi connectivity index (χ4n) is 1.33. The van der Waals surface area contributed by atoms with Gasteiger partial charge in [0.1, 0.15) is 0 Å². The van der Waals surface area contributed by atoms with E-state index in [9.17, 15) is 0 Å². The van der Waals surface area contributed by atoms with Crippen molar-refractivity contribution < 1.29 is 0 Å². The zero-order valence-corrected chi connectivity index (χ0v) is 7.28. The highest BCUT2D eigenvalue weighted by Gasteiger charge is 2.18. The van der Waals surface area contributed by atoms with E-state index in [1.54, 1.807) is 0 Å². The molecule has 58 valence electrons. The van der Waals surface area contributed by atoms with Gasteiger partial charge < -0.3 is 0 Å². The first-order valence-corrected chi connectivity index (χ1v) is 4.10. The lowest BCUT2D eigenvalue weighted by Gasteiger charge is -2.19. The van der Waals surface area contributed by atoms with Gasteiger partial charge in [-0.2, -0.15) is 0 Å². The molecule has 0 fully saturated rings. The molecular formula is C9H17N. The first-order chi connectivity index (χ1) is 4.60. The molecule has 0 aromatic carbocycles. The topological polar surface area (TPSA) is 12.4 Å². The first-order valence-electron chi connectivity index (χ1n) is 4.10. The Bertz CT molecular complexity index is 145. The molecule has 0 aromatic rings. The molecule has 0 atom stereocenters. The largest absolute Gasteiger partial charge is 0.294 e. The van der Waals surface area contributed by atoms with Crippen LogP contribution in [0.3, 0.4) is 0 Å². The van der Waals surface area contributed by atoms with E-state index in [-0.39, 0.29) is 0 Å². The normalized spacial score (nSPS) is 25.3. The molecule has 10 heavy (non-hydrogen) atoms. The molecule has 0 bridgehead atoms. The van der Waals surface area contributed by atoms with Crippen LogP contribution in [0.2, 0.25) is 0 Å². The van der Waals surface area contributed by atoms with Crippen molar-refractivity contribution in [2.24, 2.45) is 10.4 Å². The van der Waals surface area contributed by atoms with Crippen LogP contribution in [0, 0.1) is 5.41 Å². The van der Waals surface area contributed by atoms with Gasteiger partial charge in [0.15, 0.2) is 0 Å². The molecule has 0 aliphatic carbocycles. The minimum Gasteiger partial charge on any atom is -0.294 e. The third-order valence-electron chi connectivity index (χ3n) is 2.17. The van der Waals surface area contributed by atoms with Crippen molar-refractivity contribution >= 4 is 5.71 Å². The van der Waals surface area contributed by atoms with E-state index >= 15 is 0 Å². The Morgan fingerprint density at radius 2 is 2.10 bits per heavy atom.